The van der Waals surface area contributed by atoms with Gasteiger partial charge in [-0.1, -0.05) is 89.9 Å². The number of hydrogen-bond donors (Lipinski definition) is 1. The fourth-order valence-corrected chi connectivity index (χ4v) is 3.73. The van der Waals surface area contributed by atoms with Crippen molar-refractivity contribution >= 4 is 23.2 Å². The number of halogens is 2. The van der Waals surface area contributed by atoms with Crippen LogP contribution in [0.4, 0.5) is 0 Å². The molecule has 1 unspecified atom stereocenters. The zero-order valence-electron chi connectivity index (χ0n) is 13.4. The fraction of sp³-hybridized carbons (Fsp3) is 0.143. The highest BCUT2D eigenvalue weighted by Gasteiger charge is 2.40. The van der Waals surface area contributed by atoms with Crippen molar-refractivity contribution in [3.05, 3.63) is 106 Å². The van der Waals surface area contributed by atoms with Crippen molar-refractivity contribution in [3.8, 4) is 0 Å². The van der Waals surface area contributed by atoms with Gasteiger partial charge in [0.15, 0.2) is 0 Å². The molecule has 1 atom stereocenters. The fourth-order valence-electron chi connectivity index (χ4n) is 3.43. The molecule has 122 valence electrons. The largest absolute Gasteiger partial charge is 0.327 e. The molecular formula is C21H19Cl2N. The summed E-state index contributed by atoms with van der Waals surface area (Å²) < 4.78 is 0. The van der Waals surface area contributed by atoms with E-state index in [1.165, 1.54) is 0 Å². The van der Waals surface area contributed by atoms with E-state index < -0.39 is 5.41 Å². The van der Waals surface area contributed by atoms with Gasteiger partial charge in [0.2, 0.25) is 0 Å². The minimum absolute atomic E-state index is 0.167. The molecule has 3 aromatic rings. The molecule has 0 amide bonds. The predicted molar refractivity (Wildman–Crippen MR) is 103 cm³/mol. The maximum atomic E-state index is 6.58. The summed E-state index contributed by atoms with van der Waals surface area (Å²) in [5.41, 5.74) is 9.37. The molecule has 0 saturated heterocycles. The Kier molecular flexibility index (Phi) is 4.96. The summed E-state index contributed by atoms with van der Waals surface area (Å²) in [6.45, 7) is 2.03. The first-order valence-electron chi connectivity index (χ1n) is 7.89. The Bertz CT molecular complexity index is 774. The van der Waals surface area contributed by atoms with Crippen molar-refractivity contribution in [1.29, 1.82) is 0 Å². The van der Waals surface area contributed by atoms with Crippen molar-refractivity contribution in [3.63, 3.8) is 0 Å². The maximum absolute atomic E-state index is 6.58. The standard InChI is InChI=1S/C21H19Cl2N/c1-15(24)21(16-8-4-2-5-9-16,17-10-6-3-7-11-17)18-12-13-19(22)20(23)14-18/h2-15H,24H2,1H3. The van der Waals surface area contributed by atoms with Crippen LogP contribution in [0.15, 0.2) is 78.9 Å². The second kappa shape index (κ2) is 6.98. The Morgan fingerprint density at radius 3 is 1.62 bits per heavy atom. The Hall–Kier alpha value is -1.80. The van der Waals surface area contributed by atoms with Gasteiger partial charge in [-0.05, 0) is 35.7 Å². The normalized spacial score (nSPS) is 12.8. The average molecular weight is 356 g/mol. The molecular weight excluding hydrogens is 337 g/mol. The van der Waals surface area contributed by atoms with Crippen LogP contribution in [0.25, 0.3) is 0 Å². The Morgan fingerprint density at radius 1 is 0.708 bits per heavy atom. The topological polar surface area (TPSA) is 26.0 Å². The third kappa shape index (κ3) is 2.84. The van der Waals surface area contributed by atoms with E-state index in [4.69, 9.17) is 28.9 Å². The van der Waals surface area contributed by atoms with E-state index in [2.05, 4.69) is 24.3 Å². The average Bonchev–Trinajstić information content (AvgIpc) is 2.60. The lowest BCUT2D eigenvalue weighted by Crippen LogP contribution is -2.45. The summed E-state index contributed by atoms with van der Waals surface area (Å²) in [5.74, 6) is 0. The first-order chi connectivity index (χ1) is 11.6. The van der Waals surface area contributed by atoms with Gasteiger partial charge in [-0.25, -0.2) is 0 Å². The number of rotatable bonds is 4. The van der Waals surface area contributed by atoms with Gasteiger partial charge in [0.05, 0.1) is 15.5 Å². The van der Waals surface area contributed by atoms with Crippen molar-refractivity contribution in [1.82, 2.24) is 0 Å². The number of benzene rings is 3. The molecule has 0 spiro atoms. The number of nitrogens with two attached hydrogens (primary N) is 1. The van der Waals surface area contributed by atoms with E-state index in [0.29, 0.717) is 10.0 Å². The molecule has 0 bridgehead atoms. The number of hydrogen-bond acceptors (Lipinski definition) is 1. The second-order valence-corrected chi connectivity index (χ2v) is 6.77. The van der Waals surface area contributed by atoms with Crippen LogP contribution in [0.5, 0.6) is 0 Å². The molecule has 3 rings (SSSR count). The molecule has 0 radical (unpaired) electrons. The SMILES string of the molecule is CC(N)C(c1ccccc1)(c1ccccc1)c1ccc(Cl)c(Cl)c1. The molecule has 1 nitrogen and oxygen atoms in total. The van der Waals surface area contributed by atoms with E-state index in [0.717, 1.165) is 16.7 Å². The van der Waals surface area contributed by atoms with Crippen molar-refractivity contribution in [2.24, 2.45) is 5.73 Å². The predicted octanol–water partition coefficient (Wildman–Crippen LogP) is 5.68. The first kappa shape index (κ1) is 17.0. The van der Waals surface area contributed by atoms with Gasteiger partial charge in [0.1, 0.15) is 0 Å². The van der Waals surface area contributed by atoms with E-state index >= 15 is 0 Å². The monoisotopic (exact) mass is 355 g/mol. The summed E-state index contributed by atoms with van der Waals surface area (Å²) in [7, 11) is 0. The van der Waals surface area contributed by atoms with Gasteiger partial charge in [0, 0.05) is 6.04 Å². The molecule has 3 aromatic carbocycles. The molecule has 0 saturated carbocycles. The summed E-state index contributed by atoms with van der Waals surface area (Å²) >= 11 is 12.5. The molecule has 0 aliphatic rings. The lowest BCUT2D eigenvalue weighted by atomic mass is 9.65. The van der Waals surface area contributed by atoms with Gasteiger partial charge in [-0.2, -0.15) is 0 Å². The molecule has 0 fully saturated rings. The third-order valence-electron chi connectivity index (χ3n) is 4.52. The summed E-state index contributed by atoms with van der Waals surface area (Å²) in [5, 5.41) is 1.08. The molecule has 0 heterocycles. The molecule has 24 heavy (non-hydrogen) atoms. The van der Waals surface area contributed by atoms with Crippen molar-refractivity contribution < 1.29 is 0 Å². The van der Waals surface area contributed by atoms with Crippen molar-refractivity contribution in [2.75, 3.05) is 0 Å². The van der Waals surface area contributed by atoms with Gasteiger partial charge in [0.25, 0.3) is 0 Å². The van der Waals surface area contributed by atoms with Crippen LogP contribution >= 0.6 is 23.2 Å². The minimum atomic E-state index is -0.503. The van der Waals surface area contributed by atoms with Gasteiger partial charge in [-0.15, -0.1) is 0 Å². The van der Waals surface area contributed by atoms with E-state index in [1.54, 1.807) is 0 Å². The van der Waals surface area contributed by atoms with Gasteiger partial charge >= 0.3 is 0 Å². The minimum Gasteiger partial charge on any atom is -0.327 e. The molecule has 2 N–H and O–H groups in total. The highest BCUT2D eigenvalue weighted by molar-refractivity contribution is 6.42. The maximum Gasteiger partial charge on any atom is 0.0599 e. The van der Waals surface area contributed by atoms with Crippen LogP contribution in [-0.4, -0.2) is 6.04 Å². The summed E-state index contributed by atoms with van der Waals surface area (Å²) in [4.78, 5) is 0. The van der Waals surface area contributed by atoms with Crippen LogP contribution in [0.1, 0.15) is 23.6 Å². The lowest BCUT2D eigenvalue weighted by Gasteiger charge is -2.39. The highest BCUT2D eigenvalue weighted by Crippen LogP contribution is 2.43. The smallest absolute Gasteiger partial charge is 0.0599 e. The second-order valence-electron chi connectivity index (χ2n) is 5.96. The highest BCUT2D eigenvalue weighted by atomic mass is 35.5. The van der Waals surface area contributed by atoms with Crippen molar-refractivity contribution in [2.45, 2.75) is 18.4 Å². The van der Waals surface area contributed by atoms with Crippen LogP contribution in [0.3, 0.4) is 0 Å². The third-order valence-corrected chi connectivity index (χ3v) is 5.26. The van der Waals surface area contributed by atoms with Gasteiger partial charge in [-0.3, -0.25) is 0 Å². The van der Waals surface area contributed by atoms with E-state index in [9.17, 15) is 0 Å². The Labute approximate surface area is 153 Å². The van der Waals surface area contributed by atoms with E-state index in [-0.39, 0.29) is 6.04 Å². The Morgan fingerprint density at radius 2 is 1.21 bits per heavy atom. The van der Waals surface area contributed by atoms with Crippen LogP contribution in [-0.2, 0) is 5.41 Å². The van der Waals surface area contributed by atoms with Gasteiger partial charge < -0.3 is 5.73 Å². The Balaban J connectivity index is 2.37. The summed E-state index contributed by atoms with van der Waals surface area (Å²) in [6, 6.07) is 26.2. The molecule has 3 heteroatoms. The van der Waals surface area contributed by atoms with E-state index in [1.807, 2.05) is 61.5 Å². The van der Waals surface area contributed by atoms with Crippen LogP contribution in [0, 0.1) is 0 Å². The zero-order chi connectivity index (χ0) is 17.2. The zero-order valence-corrected chi connectivity index (χ0v) is 14.9. The first-order valence-corrected chi connectivity index (χ1v) is 8.64. The van der Waals surface area contributed by atoms with Crippen LogP contribution < -0.4 is 5.73 Å². The molecule has 0 aliphatic heterocycles. The molecule has 0 aromatic heterocycles. The summed E-state index contributed by atoms with van der Waals surface area (Å²) in [6.07, 6.45) is 0. The van der Waals surface area contributed by atoms with Crippen LogP contribution in [0.2, 0.25) is 10.0 Å². The quantitative estimate of drug-likeness (QED) is 0.599. The lowest BCUT2D eigenvalue weighted by molar-refractivity contribution is 0.506. The molecule has 0 aliphatic carbocycles.